The second kappa shape index (κ2) is 8.30. The largest absolute Gasteiger partial charge is 0.478 e. The van der Waals surface area contributed by atoms with E-state index in [9.17, 15) is 14.0 Å². The number of halogens is 1. The van der Waals surface area contributed by atoms with Gasteiger partial charge in [0.05, 0.1) is 12.0 Å². The van der Waals surface area contributed by atoms with Gasteiger partial charge in [0, 0.05) is 5.69 Å². The van der Waals surface area contributed by atoms with Crippen LogP contribution >= 0.6 is 0 Å². The summed E-state index contributed by atoms with van der Waals surface area (Å²) in [4.78, 5) is 22.3. The summed E-state index contributed by atoms with van der Waals surface area (Å²) in [5.74, 6) is -1.42. The van der Waals surface area contributed by atoms with Gasteiger partial charge < -0.3 is 10.4 Å². The lowest BCUT2D eigenvalue weighted by Gasteiger charge is -2.09. The average Bonchev–Trinajstić information content (AvgIpc) is 2.39. The number of unbranched alkanes of at least 4 members (excludes halogenated alkanes) is 2. The van der Waals surface area contributed by atoms with Gasteiger partial charge in [0.1, 0.15) is 6.17 Å². The number of carbonyl (C=O) groups is 2. The molecule has 20 heavy (non-hydrogen) atoms. The van der Waals surface area contributed by atoms with Crippen molar-refractivity contribution in [1.29, 1.82) is 0 Å². The smallest absolute Gasteiger partial charge is 0.335 e. The molecule has 0 fully saturated rings. The minimum Gasteiger partial charge on any atom is -0.478 e. The quantitative estimate of drug-likeness (QED) is 0.715. The molecule has 110 valence electrons. The number of amides is 1. The SMILES string of the molecule is CCCCCC(F)CC(=O)Nc1ccc(C(=O)O)cc1. The molecule has 0 heterocycles. The summed E-state index contributed by atoms with van der Waals surface area (Å²) in [5, 5.41) is 11.3. The van der Waals surface area contributed by atoms with Crippen molar-refractivity contribution in [2.45, 2.75) is 45.2 Å². The molecule has 2 N–H and O–H groups in total. The first-order chi connectivity index (χ1) is 9.52. The Bertz CT molecular complexity index is 445. The topological polar surface area (TPSA) is 66.4 Å². The summed E-state index contributed by atoms with van der Waals surface area (Å²) in [7, 11) is 0. The molecule has 1 amide bonds. The van der Waals surface area contributed by atoms with Crippen LogP contribution in [0.25, 0.3) is 0 Å². The molecule has 0 spiro atoms. The number of carboxylic acid groups (broad SMARTS) is 1. The van der Waals surface area contributed by atoms with Crippen molar-refractivity contribution in [3.63, 3.8) is 0 Å². The van der Waals surface area contributed by atoms with Crippen molar-refractivity contribution in [3.8, 4) is 0 Å². The fourth-order valence-corrected chi connectivity index (χ4v) is 1.83. The van der Waals surface area contributed by atoms with Crippen LogP contribution < -0.4 is 5.32 Å². The number of carboxylic acids is 1. The zero-order chi connectivity index (χ0) is 15.0. The monoisotopic (exact) mass is 281 g/mol. The first kappa shape index (κ1) is 16.1. The second-order valence-electron chi connectivity index (χ2n) is 4.73. The molecule has 1 rings (SSSR count). The maximum absolute atomic E-state index is 13.5. The summed E-state index contributed by atoms with van der Waals surface area (Å²) in [6.45, 7) is 2.04. The van der Waals surface area contributed by atoms with Gasteiger partial charge in [-0.05, 0) is 30.7 Å². The first-order valence-corrected chi connectivity index (χ1v) is 6.80. The highest BCUT2D eigenvalue weighted by Crippen LogP contribution is 2.13. The number of rotatable bonds is 8. The van der Waals surface area contributed by atoms with Gasteiger partial charge in [-0.3, -0.25) is 4.79 Å². The van der Waals surface area contributed by atoms with Crippen LogP contribution in [0.5, 0.6) is 0 Å². The van der Waals surface area contributed by atoms with Gasteiger partial charge in [0.15, 0.2) is 0 Å². The lowest BCUT2D eigenvalue weighted by atomic mass is 10.1. The van der Waals surface area contributed by atoms with Crippen LogP contribution in [0.2, 0.25) is 0 Å². The molecule has 0 aromatic heterocycles. The predicted molar refractivity (Wildman–Crippen MR) is 75.7 cm³/mol. The van der Waals surface area contributed by atoms with E-state index >= 15 is 0 Å². The van der Waals surface area contributed by atoms with E-state index in [2.05, 4.69) is 5.32 Å². The number of alkyl halides is 1. The highest BCUT2D eigenvalue weighted by molar-refractivity contribution is 5.92. The molecule has 1 aromatic carbocycles. The number of aromatic carboxylic acids is 1. The van der Waals surface area contributed by atoms with Gasteiger partial charge in [-0.1, -0.05) is 26.2 Å². The normalized spacial score (nSPS) is 11.9. The standard InChI is InChI=1S/C15H20FNO3/c1-2-3-4-5-12(16)10-14(18)17-13-8-6-11(7-9-13)15(19)20/h6-9,12H,2-5,10H2,1H3,(H,17,18)(H,19,20). The molecule has 0 aliphatic rings. The van der Waals surface area contributed by atoms with Crippen molar-refractivity contribution in [1.82, 2.24) is 0 Å². The Hall–Kier alpha value is -1.91. The van der Waals surface area contributed by atoms with Crippen molar-refractivity contribution >= 4 is 17.6 Å². The Labute approximate surface area is 118 Å². The van der Waals surface area contributed by atoms with Gasteiger partial charge in [0.25, 0.3) is 0 Å². The fourth-order valence-electron chi connectivity index (χ4n) is 1.83. The van der Waals surface area contributed by atoms with Crippen molar-refractivity contribution in [3.05, 3.63) is 29.8 Å². The molecule has 0 saturated carbocycles. The predicted octanol–water partition coefficient (Wildman–Crippen LogP) is 3.63. The van der Waals surface area contributed by atoms with E-state index in [0.717, 1.165) is 19.3 Å². The molecular weight excluding hydrogens is 261 g/mol. The third-order valence-corrected chi connectivity index (χ3v) is 2.94. The third-order valence-electron chi connectivity index (χ3n) is 2.94. The van der Waals surface area contributed by atoms with E-state index < -0.39 is 18.0 Å². The van der Waals surface area contributed by atoms with Crippen LogP contribution in [0, 0.1) is 0 Å². The molecule has 1 aromatic rings. The minimum absolute atomic E-state index is 0.144. The van der Waals surface area contributed by atoms with E-state index in [4.69, 9.17) is 5.11 Å². The Morgan fingerprint density at radius 1 is 1.25 bits per heavy atom. The van der Waals surface area contributed by atoms with Gasteiger partial charge >= 0.3 is 5.97 Å². The second-order valence-corrected chi connectivity index (χ2v) is 4.73. The van der Waals surface area contributed by atoms with Gasteiger partial charge in [0.2, 0.25) is 5.91 Å². The summed E-state index contributed by atoms with van der Waals surface area (Å²) in [5.41, 5.74) is 0.617. The number of hydrogen-bond donors (Lipinski definition) is 2. The van der Waals surface area contributed by atoms with E-state index in [0.29, 0.717) is 12.1 Å². The highest BCUT2D eigenvalue weighted by Gasteiger charge is 2.12. The molecule has 0 aliphatic carbocycles. The van der Waals surface area contributed by atoms with Crippen LogP contribution in [0.1, 0.15) is 49.4 Å². The van der Waals surface area contributed by atoms with E-state index in [1.807, 2.05) is 6.92 Å². The Kier molecular flexibility index (Phi) is 6.70. The third kappa shape index (κ3) is 5.82. The molecule has 0 saturated heterocycles. The Balaban J connectivity index is 2.39. The molecule has 0 aliphatic heterocycles. The molecule has 0 radical (unpaired) electrons. The zero-order valence-corrected chi connectivity index (χ0v) is 11.6. The van der Waals surface area contributed by atoms with E-state index in [1.54, 1.807) is 0 Å². The fraction of sp³-hybridized carbons (Fsp3) is 0.467. The van der Waals surface area contributed by atoms with Crippen LogP contribution in [0.3, 0.4) is 0 Å². The minimum atomic E-state index is -1.13. The van der Waals surface area contributed by atoms with Gasteiger partial charge in [-0.25, -0.2) is 9.18 Å². The highest BCUT2D eigenvalue weighted by atomic mass is 19.1. The number of anilines is 1. The number of nitrogens with one attached hydrogen (secondary N) is 1. The van der Waals surface area contributed by atoms with Gasteiger partial charge in [-0.2, -0.15) is 0 Å². The number of benzene rings is 1. The molecule has 1 unspecified atom stereocenters. The van der Waals surface area contributed by atoms with E-state index in [1.165, 1.54) is 24.3 Å². The maximum Gasteiger partial charge on any atom is 0.335 e. The average molecular weight is 281 g/mol. The van der Waals surface area contributed by atoms with Gasteiger partial charge in [-0.15, -0.1) is 0 Å². The Morgan fingerprint density at radius 2 is 1.90 bits per heavy atom. The zero-order valence-electron chi connectivity index (χ0n) is 11.6. The molecule has 0 bridgehead atoms. The van der Waals surface area contributed by atoms with E-state index in [-0.39, 0.29) is 12.0 Å². The van der Waals surface area contributed by atoms with Crippen LogP contribution in [0.4, 0.5) is 10.1 Å². The summed E-state index contributed by atoms with van der Waals surface area (Å²) < 4.78 is 13.5. The summed E-state index contributed by atoms with van der Waals surface area (Å²) in [6, 6.07) is 5.77. The van der Waals surface area contributed by atoms with Crippen molar-refractivity contribution in [2.75, 3.05) is 5.32 Å². The molecule has 4 nitrogen and oxygen atoms in total. The summed E-state index contributed by atoms with van der Waals surface area (Å²) >= 11 is 0. The lowest BCUT2D eigenvalue weighted by molar-refractivity contribution is -0.117. The first-order valence-electron chi connectivity index (χ1n) is 6.80. The van der Waals surface area contributed by atoms with Crippen LogP contribution in [-0.4, -0.2) is 23.2 Å². The summed E-state index contributed by atoms with van der Waals surface area (Å²) in [6.07, 6.45) is 1.90. The van der Waals surface area contributed by atoms with Crippen molar-refractivity contribution < 1.29 is 19.1 Å². The molecule has 5 heteroatoms. The molecule has 1 atom stereocenters. The maximum atomic E-state index is 13.5. The lowest BCUT2D eigenvalue weighted by Crippen LogP contribution is -2.17. The molecular formula is C15H20FNO3. The van der Waals surface area contributed by atoms with Crippen LogP contribution in [0.15, 0.2) is 24.3 Å². The van der Waals surface area contributed by atoms with Crippen LogP contribution in [-0.2, 0) is 4.79 Å². The van der Waals surface area contributed by atoms with Crippen molar-refractivity contribution in [2.24, 2.45) is 0 Å². The number of carbonyl (C=O) groups excluding carboxylic acids is 1. The Morgan fingerprint density at radius 3 is 2.45 bits per heavy atom. The number of hydrogen-bond acceptors (Lipinski definition) is 2.